The monoisotopic (exact) mass is 311 g/mol. The van der Waals surface area contributed by atoms with Gasteiger partial charge in [0, 0.05) is 5.56 Å². The molecular weight excluding hydrogens is 300 g/mol. The van der Waals surface area contributed by atoms with Crippen LogP contribution in [0.15, 0.2) is 54.6 Å². The average Bonchev–Trinajstić information content (AvgIpc) is 2.83. The molecule has 1 aliphatic heterocycles. The zero-order valence-electron chi connectivity index (χ0n) is 11.8. The molecule has 1 unspecified atom stereocenters. The van der Waals surface area contributed by atoms with Crippen LogP contribution in [0.2, 0.25) is 0 Å². The molecule has 23 heavy (non-hydrogen) atoms. The highest BCUT2D eigenvalue weighted by molar-refractivity contribution is 6.07. The SMILES string of the molecule is O=C1Nc2c(ccc(F)c2F)C1(O)c1ccc2ccccc2c1. The van der Waals surface area contributed by atoms with E-state index in [0.29, 0.717) is 5.56 Å². The van der Waals surface area contributed by atoms with Gasteiger partial charge in [0.1, 0.15) is 0 Å². The van der Waals surface area contributed by atoms with Crippen LogP contribution < -0.4 is 5.32 Å². The van der Waals surface area contributed by atoms with Crippen molar-refractivity contribution >= 4 is 22.4 Å². The van der Waals surface area contributed by atoms with E-state index in [0.717, 1.165) is 16.8 Å². The van der Waals surface area contributed by atoms with Crippen LogP contribution >= 0.6 is 0 Å². The second-order valence-electron chi connectivity index (χ2n) is 5.51. The largest absolute Gasteiger partial charge is 0.372 e. The third-order valence-electron chi connectivity index (χ3n) is 4.22. The van der Waals surface area contributed by atoms with Gasteiger partial charge in [0.05, 0.1) is 5.69 Å². The number of fused-ring (bicyclic) bond motifs is 2. The lowest BCUT2D eigenvalue weighted by molar-refractivity contribution is -0.129. The number of rotatable bonds is 1. The molecule has 3 aromatic rings. The topological polar surface area (TPSA) is 49.3 Å². The Labute approximate surface area is 130 Å². The lowest BCUT2D eigenvalue weighted by Crippen LogP contribution is -2.35. The maximum absolute atomic E-state index is 13.9. The number of hydrogen-bond donors (Lipinski definition) is 2. The molecule has 5 heteroatoms. The Bertz CT molecular complexity index is 970. The van der Waals surface area contributed by atoms with Gasteiger partial charge in [-0.05, 0) is 28.5 Å². The van der Waals surface area contributed by atoms with Crippen molar-refractivity contribution in [3.63, 3.8) is 0 Å². The molecule has 0 spiro atoms. The second-order valence-corrected chi connectivity index (χ2v) is 5.51. The molecule has 0 bridgehead atoms. The van der Waals surface area contributed by atoms with Crippen LogP contribution in [0, 0.1) is 11.6 Å². The predicted molar refractivity (Wildman–Crippen MR) is 81.9 cm³/mol. The van der Waals surface area contributed by atoms with E-state index >= 15 is 0 Å². The first-order valence-electron chi connectivity index (χ1n) is 7.03. The Kier molecular flexibility index (Phi) is 2.77. The molecule has 0 fully saturated rings. The number of carbonyl (C=O) groups excluding carboxylic acids is 1. The summed E-state index contributed by atoms with van der Waals surface area (Å²) in [5, 5.41) is 15.0. The minimum Gasteiger partial charge on any atom is -0.372 e. The van der Waals surface area contributed by atoms with Crippen LogP contribution in [0.3, 0.4) is 0 Å². The van der Waals surface area contributed by atoms with Crippen LogP contribution in [0.1, 0.15) is 11.1 Å². The highest BCUT2D eigenvalue weighted by Gasteiger charge is 2.48. The number of amides is 1. The normalized spacial score (nSPS) is 19.7. The van der Waals surface area contributed by atoms with E-state index in [1.165, 1.54) is 6.07 Å². The molecule has 0 aromatic heterocycles. The lowest BCUT2D eigenvalue weighted by Gasteiger charge is -2.22. The van der Waals surface area contributed by atoms with E-state index in [1.54, 1.807) is 18.2 Å². The summed E-state index contributed by atoms with van der Waals surface area (Å²) in [4.78, 5) is 12.3. The highest BCUT2D eigenvalue weighted by atomic mass is 19.2. The van der Waals surface area contributed by atoms with Crippen molar-refractivity contribution in [3.8, 4) is 0 Å². The third kappa shape index (κ3) is 1.80. The van der Waals surface area contributed by atoms with Gasteiger partial charge >= 0.3 is 0 Å². The van der Waals surface area contributed by atoms with Gasteiger partial charge < -0.3 is 10.4 Å². The van der Waals surface area contributed by atoms with Crippen molar-refractivity contribution < 1.29 is 18.7 Å². The Morgan fingerprint density at radius 1 is 0.957 bits per heavy atom. The zero-order valence-corrected chi connectivity index (χ0v) is 11.8. The fourth-order valence-electron chi connectivity index (χ4n) is 3.00. The van der Waals surface area contributed by atoms with Crippen molar-refractivity contribution in [2.75, 3.05) is 5.32 Å². The number of aliphatic hydroxyl groups is 1. The average molecular weight is 311 g/mol. The molecule has 0 saturated heterocycles. The summed E-state index contributed by atoms with van der Waals surface area (Å²) in [6, 6.07) is 14.7. The van der Waals surface area contributed by atoms with E-state index in [4.69, 9.17) is 0 Å². The number of nitrogens with one attached hydrogen (secondary N) is 1. The van der Waals surface area contributed by atoms with Gasteiger partial charge in [-0.1, -0.05) is 42.5 Å². The molecule has 0 radical (unpaired) electrons. The van der Waals surface area contributed by atoms with Crippen LogP contribution in [0.5, 0.6) is 0 Å². The molecule has 1 atom stereocenters. The quantitative estimate of drug-likeness (QED) is 0.724. The second kappa shape index (κ2) is 4.60. The summed E-state index contributed by atoms with van der Waals surface area (Å²) < 4.78 is 27.2. The lowest BCUT2D eigenvalue weighted by atomic mass is 9.86. The van der Waals surface area contributed by atoms with Crippen molar-refractivity contribution in [3.05, 3.63) is 77.4 Å². The molecule has 4 rings (SSSR count). The van der Waals surface area contributed by atoms with Gasteiger partial charge in [-0.2, -0.15) is 0 Å². The molecule has 0 saturated carbocycles. The van der Waals surface area contributed by atoms with E-state index in [-0.39, 0.29) is 11.3 Å². The fourth-order valence-corrected chi connectivity index (χ4v) is 3.00. The summed E-state index contributed by atoms with van der Waals surface area (Å²) in [6.45, 7) is 0. The van der Waals surface area contributed by atoms with Crippen LogP contribution in [-0.4, -0.2) is 11.0 Å². The Morgan fingerprint density at radius 3 is 2.48 bits per heavy atom. The molecular formula is C18H11F2NO2. The Balaban J connectivity index is 1.97. The highest BCUT2D eigenvalue weighted by Crippen LogP contribution is 2.43. The van der Waals surface area contributed by atoms with Crippen molar-refractivity contribution in [1.82, 2.24) is 0 Å². The van der Waals surface area contributed by atoms with Gasteiger partial charge in [-0.3, -0.25) is 4.79 Å². The molecule has 2 N–H and O–H groups in total. The van der Waals surface area contributed by atoms with Crippen molar-refractivity contribution in [2.45, 2.75) is 5.60 Å². The number of hydrogen-bond acceptors (Lipinski definition) is 2. The first kappa shape index (κ1) is 13.8. The van der Waals surface area contributed by atoms with E-state index in [1.807, 2.05) is 24.3 Å². The molecule has 1 amide bonds. The summed E-state index contributed by atoms with van der Waals surface area (Å²) in [6.07, 6.45) is 0. The van der Waals surface area contributed by atoms with E-state index < -0.39 is 23.1 Å². The molecule has 114 valence electrons. The summed E-state index contributed by atoms with van der Waals surface area (Å²) in [5.74, 6) is -3.05. The molecule has 0 aliphatic carbocycles. The van der Waals surface area contributed by atoms with Crippen LogP contribution in [0.4, 0.5) is 14.5 Å². The number of halogens is 2. The van der Waals surface area contributed by atoms with Crippen LogP contribution in [0.25, 0.3) is 10.8 Å². The third-order valence-corrected chi connectivity index (χ3v) is 4.22. The van der Waals surface area contributed by atoms with E-state index in [2.05, 4.69) is 5.32 Å². The van der Waals surface area contributed by atoms with Gasteiger partial charge in [-0.15, -0.1) is 0 Å². The molecule has 1 aliphatic rings. The number of carbonyl (C=O) groups is 1. The number of anilines is 1. The summed E-state index contributed by atoms with van der Waals surface area (Å²) in [5.41, 5.74) is -2.05. The minimum atomic E-state index is -2.05. The van der Waals surface area contributed by atoms with Crippen molar-refractivity contribution in [2.24, 2.45) is 0 Å². The van der Waals surface area contributed by atoms with Crippen LogP contribution in [-0.2, 0) is 10.4 Å². The smallest absolute Gasteiger partial charge is 0.265 e. The van der Waals surface area contributed by atoms with Gasteiger partial charge in [0.25, 0.3) is 5.91 Å². The Hall–Kier alpha value is -2.79. The molecule has 3 aromatic carbocycles. The maximum atomic E-state index is 13.9. The standard InChI is InChI=1S/C18H11F2NO2/c19-14-8-7-13-16(15(14)20)21-17(22)18(13,23)12-6-5-10-3-1-2-4-11(10)9-12/h1-9,23H,(H,21,22). The summed E-state index contributed by atoms with van der Waals surface area (Å²) in [7, 11) is 0. The molecule has 3 nitrogen and oxygen atoms in total. The summed E-state index contributed by atoms with van der Waals surface area (Å²) >= 11 is 0. The van der Waals surface area contributed by atoms with Crippen molar-refractivity contribution in [1.29, 1.82) is 0 Å². The predicted octanol–water partition coefficient (Wildman–Crippen LogP) is 3.31. The first-order chi connectivity index (χ1) is 11.0. The maximum Gasteiger partial charge on any atom is 0.265 e. The molecule has 1 heterocycles. The van der Waals surface area contributed by atoms with Gasteiger partial charge in [-0.25, -0.2) is 8.78 Å². The zero-order chi connectivity index (χ0) is 16.2. The minimum absolute atomic E-state index is 0.0108. The fraction of sp³-hybridized carbons (Fsp3) is 0.0556. The Morgan fingerprint density at radius 2 is 1.70 bits per heavy atom. The van der Waals surface area contributed by atoms with E-state index in [9.17, 15) is 18.7 Å². The van der Waals surface area contributed by atoms with Gasteiger partial charge in [0.15, 0.2) is 17.2 Å². The van der Waals surface area contributed by atoms with Gasteiger partial charge in [0.2, 0.25) is 0 Å². The number of benzene rings is 3. The first-order valence-corrected chi connectivity index (χ1v) is 7.03.